The largest absolute Gasteiger partial charge is 0.479 e. The van der Waals surface area contributed by atoms with Gasteiger partial charge in [0, 0.05) is 43.1 Å². The van der Waals surface area contributed by atoms with Crippen molar-refractivity contribution in [1.29, 1.82) is 0 Å². The molecule has 2 aliphatic heterocycles. The van der Waals surface area contributed by atoms with Gasteiger partial charge in [0.05, 0.1) is 17.6 Å². The Balaban J connectivity index is 1.62. The van der Waals surface area contributed by atoms with E-state index in [1.807, 2.05) is 0 Å². The molecule has 0 radical (unpaired) electrons. The highest BCUT2D eigenvalue weighted by molar-refractivity contribution is 6.12. The first kappa shape index (κ1) is 44.9. The number of nitrogens with one attached hydrogen (secondary N) is 2. The molecule has 6 N–H and O–H groups in total. The van der Waals surface area contributed by atoms with Gasteiger partial charge in [-0.15, -0.1) is 0 Å². The molecule has 16 heteroatoms. The number of unbranched alkanes of at least 4 members (excludes halogenated alkanes) is 2. The lowest BCUT2D eigenvalue weighted by Gasteiger charge is -2.39. The Labute approximate surface area is 320 Å². The van der Waals surface area contributed by atoms with Gasteiger partial charge in [0.2, 0.25) is 11.8 Å². The summed E-state index contributed by atoms with van der Waals surface area (Å²) in [5.74, 6) is -4.83. The summed E-state index contributed by atoms with van der Waals surface area (Å²) in [5, 5.41) is 45.8. The van der Waals surface area contributed by atoms with Crippen LogP contribution in [0.15, 0.2) is 30.4 Å². The Morgan fingerprint density at radius 1 is 0.909 bits per heavy atom. The van der Waals surface area contributed by atoms with Crippen LogP contribution in [0.2, 0.25) is 0 Å². The Morgan fingerprint density at radius 2 is 1.56 bits per heavy atom. The Kier molecular flexibility index (Phi) is 16.2. The van der Waals surface area contributed by atoms with Crippen LogP contribution in [0.4, 0.5) is 5.69 Å². The zero-order chi connectivity index (χ0) is 41.2. The first-order valence-electron chi connectivity index (χ1n) is 18.6. The Bertz CT molecular complexity index is 1600. The van der Waals surface area contributed by atoms with Crippen LogP contribution in [0.5, 0.6) is 0 Å². The molecule has 0 spiro atoms. The number of ether oxygens (including phenoxy) is 2. The molecule has 2 heterocycles. The predicted molar refractivity (Wildman–Crippen MR) is 197 cm³/mol. The van der Waals surface area contributed by atoms with Gasteiger partial charge in [-0.25, -0.2) is 4.79 Å². The van der Waals surface area contributed by atoms with E-state index in [0.717, 1.165) is 4.90 Å². The molecule has 2 aliphatic rings. The van der Waals surface area contributed by atoms with Gasteiger partial charge in [-0.05, 0) is 75.6 Å². The van der Waals surface area contributed by atoms with Gasteiger partial charge >= 0.3 is 11.9 Å². The number of ketones is 1. The quantitative estimate of drug-likeness (QED) is 0.0668. The number of aryl methyl sites for hydroxylation is 1. The van der Waals surface area contributed by atoms with Gasteiger partial charge in [0.25, 0.3) is 11.8 Å². The van der Waals surface area contributed by atoms with E-state index >= 15 is 0 Å². The number of Topliss-reactive ketones (excluding diaryl/α,β-unsaturated/α-hetero) is 1. The number of aliphatic hydroxyl groups excluding tert-OH is 3. The zero-order valence-electron chi connectivity index (χ0n) is 32.3. The van der Waals surface area contributed by atoms with Gasteiger partial charge in [-0.1, -0.05) is 33.3 Å². The molecule has 304 valence electrons. The third-order valence-corrected chi connectivity index (χ3v) is 9.57. The molecule has 1 aromatic carbocycles. The lowest BCUT2D eigenvalue weighted by molar-refractivity contribution is -0.228. The smallest absolute Gasteiger partial charge is 0.335 e. The topological polar surface area (TPSA) is 246 Å². The number of anilines is 1. The van der Waals surface area contributed by atoms with Gasteiger partial charge in [-0.2, -0.15) is 0 Å². The number of aliphatic hydroxyl groups is 3. The zero-order valence-corrected chi connectivity index (χ0v) is 32.3. The van der Waals surface area contributed by atoms with Gasteiger partial charge in [-0.3, -0.25) is 33.7 Å². The van der Waals surface area contributed by atoms with Crippen molar-refractivity contribution in [3.63, 3.8) is 0 Å². The van der Waals surface area contributed by atoms with E-state index in [0.29, 0.717) is 36.1 Å². The van der Waals surface area contributed by atoms with E-state index in [1.165, 1.54) is 12.2 Å². The Morgan fingerprint density at radius 3 is 2.16 bits per heavy atom. The molecule has 1 saturated heterocycles. The Hall–Kier alpha value is -4.51. The molecular formula is C39H55N3O13. The molecule has 16 nitrogen and oxygen atoms in total. The normalized spacial score (nSPS) is 22.4. The molecule has 3 rings (SSSR count). The molecule has 55 heavy (non-hydrogen) atoms. The fraction of sp³-hybridized carbons (Fsp3) is 0.615. The molecule has 0 aliphatic carbocycles. The van der Waals surface area contributed by atoms with Gasteiger partial charge in [0.1, 0.15) is 24.9 Å². The minimum atomic E-state index is -1.84. The van der Waals surface area contributed by atoms with Crippen LogP contribution in [0.1, 0.15) is 91.2 Å². The third kappa shape index (κ3) is 12.8. The van der Waals surface area contributed by atoms with Crippen molar-refractivity contribution in [3.05, 3.63) is 41.5 Å². The number of aliphatic carboxylic acids is 1. The van der Waals surface area contributed by atoms with Crippen LogP contribution >= 0.6 is 0 Å². The van der Waals surface area contributed by atoms with Gasteiger partial charge < -0.3 is 40.5 Å². The van der Waals surface area contributed by atoms with Crippen molar-refractivity contribution in [2.75, 3.05) is 11.9 Å². The number of carbonyl (C=O) groups is 7. The molecule has 7 atom stereocenters. The number of hydrogen-bond donors (Lipinski definition) is 6. The highest BCUT2D eigenvalue weighted by Crippen LogP contribution is 2.28. The summed E-state index contributed by atoms with van der Waals surface area (Å²) in [6.07, 6.45) is -3.92. The third-order valence-electron chi connectivity index (χ3n) is 9.57. The minimum absolute atomic E-state index is 0.00209. The van der Waals surface area contributed by atoms with E-state index in [-0.39, 0.29) is 68.3 Å². The average molecular weight is 774 g/mol. The summed E-state index contributed by atoms with van der Waals surface area (Å²) in [4.78, 5) is 87.9. The maximum absolute atomic E-state index is 13.3. The number of carboxylic acid groups (broad SMARTS) is 1. The second-order valence-electron chi connectivity index (χ2n) is 15.6. The SMILES string of the molecule is CC(C)[C@H](NC(=O)CCCCCN1C(=O)C=CC1=O)C(=O)C[C@@H](C)C(=O)Nc1ccc(COC(=O)C(C)(C)C)c(CC[C@@H]2O[C@H](C(=O)O)[C@@H](O)[C@H](O)[C@H]2O)c1. The van der Waals surface area contributed by atoms with Crippen LogP contribution in [-0.4, -0.2) is 110 Å². The summed E-state index contributed by atoms with van der Waals surface area (Å²) in [7, 11) is 0. The maximum Gasteiger partial charge on any atom is 0.335 e. The summed E-state index contributed by atoms with van der Waals surface area (Å²) in [6.45, 7) is 10.4. The first-order chi connectivity index (χ1) is 25.7. The maximum atomic E-state index is 13.3. The summed E-state index contributed by atoms with van der Waals surface area (Å²) < 4.78 is 10.9. The molecule has 0 unspecified atom stereocenters. The summed E-state index contributed by atoms with van der Waals surface area (Å²) >= 11 is 0. The number of carboxylic acids is 1. The molecule has 0 aromatic heterocycles. The van der Waals surface area contributed by atoms with Crippen molar-refractivity contribution >= 4 is 47.0 Å². The van der Waals surface area contributed by atoms with E-state index in [2.05, 4.69) is 10.6 Å². The van der Waals surface area contributed by atoms with Crippen LogP contribution in [0.25, 0.3) is 0 Å². The fourth-order valence-electron chi connectivity index (χ4n) is 6.16. The number of imide groups is 1. The highest BCUT2D eigenvalue weighted by atomic mass is 16.6. The fourth-order valence-corrected chi connectivity index (χ4v) is 6.16. The molecule has 4 amide bonds. The second-order valence-corrected chi connectivity index (χ2v) is 15.6. The van der Waals surface area contributed by atoms with Crippen molar-refractivity contribution in [3.8, 4) is 0 Å². The minimum Gasteiger partial charge on any atom is -0.479 e. The molecule has 0 saturated carbocycles. The van der Waals surface area contributed by atoms with Crippen LogP contribution in [-0.2, 0) is 56.1 Å². The van der Waals surface area contributed by atoms with Crippen LogP contribution in [0, 0.1) is 17.3 Å². The van der Waals surface area contributed by atoms with Crippen LogP contribution < -0.4 is 10.6 Å². The van der Waals surface area contributed by atoms with E-state index in [9.17, 15) is 54.0 Å². The number of esters is 1. The molecule has 1 fully saturated rings. The molecule has 0 bridgehead atoms. The summed E-state index contributed by atoms with van der Waals surface area (Å²) in [5.41, 5.74) is 0.686. The van der Waals surface area contributed by atoms with Crippen molar-refractivity contribution in [2.45, 2.75) is 130 Å². The number of amides is 4. The van der Waals surface area contributed by atoms with Crippen molar-refractivity contribution in [1.82, 2.24) is 10.2 Å². The lowest BCUT2D eigenvalue weighted by atomic mass is 9.90. The predicted octanol–water partition coefficient (Wildman–Crippen LogP) is 1.80. The number of hydrogen-bond acceptors (Lipinski definition) is 12. The monoisotopic (exact) mass is 773 g/mol. The molecular weight excluding hydrogens is 718 g/mol. The van der Waals surface area contributed by atoms with E-state index in [1.54, 1.807) is 59.7 Å². The number of rotatable bonds is 19. The number of carbonyl (C=O) groups excluding carboxylic acids is 6. The van der Waals surface area contributed by atoms with E-state index < -0.39 is 65.7 Å². The van der Waals surface area contributed by atoms with Crippen LogP contribution in [0.3, 0.4) is 0 Å². The van der Waals surface area contributed by atoms with Crippen molar-refractivity contribution in [2.24, 2.45) is 17.3 Å². The average Bonchev–Trinajstić information content (AvgIpc) is 3.43. The highest BCUT2D eigenvalue weighted by Gasteiger charge is 2.46. The lowest BCUT2D eigenvalue weighted by Crippen LogP contribution is -2.59. The van der Waals surface area contributed by atoms with Crippen molar-refractivity contribution < 1.29 is 63.5 Å². The molecule has 1 aromatic rings. The van der Waals surface area contributed by atoms with E-state index in [4.69, 9.17) is 9.47 Å². The second kappa shape index (κ2) is 19.9. The number of benzene rings is 1. The number of nitrogens with zero attached hydrogens (tertiary/aromatic N) is 1. The standard InChI is InChI=1S/C39H55N3O13/c1-21(2)31(41-28(44)10-8-7-9-17-42-29(45)15-16-30(42)46)26(43)18-22(3)36(50)40-25-13-11-24(20-54-38(53)39(4,5)6)23(19-25)12-14-27-32(47)33(48)34(49)35(55-27)37(51)52/h11,13,15-16,19,21-22,27,31-35,47-49H,7-10,12,14,17-18,20H2,1-6H3,(H,40,50)(H,41,44)(H,51,52)/t22-,27+,31+,32+,33-,34+,35+/m1/s1. The first-order valence-corrected chi connectivity index (χ1v) is 18.6. The summed E-state index contributed by atoms with van der Waals surface area (Å²) in [6, 6.07) is 4.03. The van der Waals surface area contributed by atoms with Gasteiger partial charge in [0.15, 0.2) is 11.9 Å².